The zero-order chi connectivity index (χ0) is 14.0. The van der Waals surface area contributed by atoms with Gasteiger partial charge in [-0.1, -0.05) is 6.58 Å². The number of carbonyl (C=O) groups excluding carboxylic acids is 1. The highest BCUT2D eigenvalue weighted by Gasteiger charge is 2.15. The minimum atomic E-state index is -0.467. The van der Waals surface area contributed by atoms with Crippen LogP contribution >= 0.6 is 0 Å². The van der Waals surface area contributed by atoms with Gasteiger partial charge in [0.1, 0.15) is 5.60 Å². The molecule has 0 saturated carbocycles. The van der Waals surface area contributed by atoms with E-state index in [1.54, 1.807) is 0 Å². The minimum Gasteiger partial charge on any atom is -0.499 e. The highest BCUT2D eigenvalue weighted by molar-refractivity contribution is 5.67. The molecule has 1 N–H and O–H groups in total. The highest BCUT2D eigenvalue weighted by atomic mass is 16.6. The Labute approximate surface area is 109 Å². The molecule has 0 atom stereocenters. The van der Waals surface area contributed by atoms with E-state index in [4.69, 9.17) is 14.2 Å². The second-order valence-corrected chi connectivity index (χ2v) is 4.95. The standard InChI is InChI=1S/C13H25NO4/c1-11(2)17-9-6-8-16-10-7-14-12(15)18-13(3,4)5/h1,6-10H2,2-5H3,(H,14,15). The van der Waals surface area contributed by atoms with Crippen molar-refractivity contribution >= 4 is 6.09 Å². The van der Waals surface area contributed by atoms with Gasteiger partial charge in [-0.3, -0.25) is 0 Å². The van der Waals surface area contributed by atoms with E-state index in [0.717, 1.165) is 6.42 Å². The molecule has 0 aliphatic heterocycles. The van der Waals surface area contributed by atoms with E-state index in [0.29, 0.717) is 32.1 Å². The summed E-state index contributed by atoms with van der Waals surface area (Å²) in [6.45, 7) is 13.0. The van der Waals surface area contributed by atoms with Crippen LogP contribution in [0.3, 0.4) is 0 Å². The first-order valence-electron chi connectivity index (χ1n) is 6.14. The monoisotopic (exact) mass is 259 g/mol. The predicted octanol–water partition coefficient (Wildman–Crippen LogP) is 2.47. The minimum absolute atomic E-state index is 0.420. The topological polar surface area (TPSA) is 56.8 Å². The Morgan fingerprint density at radius 3 is 2.44 bits per heavy atom. The summed E-state index contributed by atoms with van der Waals surface area (Å²) >= 11 is 0. The van der Waals surface area contributed by atoms with Crippen molar-refractivity contribution in [3.63, 3.8) is 0 Å². The summed E-state index contributed by atoms with van der Waals surface area (Å²) in [5.41, 5.74) is -0.467. The lowest BCUT2D eigenvalue weighted by atomic mass is 10.2. The molecule has 0 rings (SSSR count). The maximum atomic E-state index is 11.3. The van der Waals surface area contributed by atoms with E-state index >= 15 is 0 Å². The average molecular weight is 259 g/mol. The molecule has 0 heterocycles. The van der Waals surface area contributed by atoms with Crippen molar-refractivity contribution < 1.29 is 19.0 Å². The third-order valence-corrected chi connectivity index (χ3v) is 1.70. The Balaban J connectivity index is 3.30. The van der Waals surface area contributed by atoms with E-state index in [2.05, 4.69) is 11.9 Å². The molecule has 0 aromatic heterocycles. The quantitative estimate of drug-likeness (QED) is 0.537. The molecule has 0 spiro atoms. The van der Waals surface area contributed by atoms with Crippen molar-refractivity contribution in [3.05, 3.63) is 12.3 Å². The van der Waals surface area contributed by atoms with Crippen LogP contribution in [-0.4, -0.2) is 38.1 Å². The normalized spacial score (nSPS) is 10.9. The van der Waals surface area contributed by atoms with Crippen LogP contribution in [0.2, 0.25) is 0 Å². The SMILES string of the molecule is C=C(C)OCCCOCCNC(=O)OC(C)(C)C. The van der Waals surface area contributed by atoms with Crippen molar-refractivity contribution in [2.75, 3.05) is 26.4 Å². The van der Waals surface area contributed by atoms with Crippen LogP contribution in [0.15, 0.2) is 12.3 Å². The zero-order valence-corrected chi connectivity index (χ0v) is 11.9. The number of ether oxygens (including phenoxy) is 3. The lowest BCUT2D eigenvalue weighted by molar-refractivity contribution is 0.0492. The fourth-order valence-electron chi connectivity index (χ4n) is 1.05. The van der Waals surface area contributed by atoms with Crippen LogP contribution in [0, 0.1) is 0 Å². The highest BCUT2D eigenvalue weighted by Crippen LogP contribution is 2.05. The van der Waals surface area contributed by atoms with Crippen molar-refractivity contribution in [2.45, 2.75) is 39.7 Å². The van der Waals surface area contributed by atoms with E-state index in [1.807, 2.05) is 27.7 Å². The molecule has 0 saturated heterocycles. The van der Waals surface area contributed by atoms with Crippen LogP contribution in [-0.2, 0) is 14.2 Å². The van der Waals surface area contributed by atoms with Crippen molar-refractivity contribution in [1.82, 2.24) is 5.32 Å². The summed E-state index contributed by atoms with van der Waals surface area (Å²) in [7, 11) is 0. The number of rotatable bonds is 8. The Kier molecular flexibility index (Phi) is 8.20. The number of carbonyl (C=O) groups is 1. The van der Waals surface area contributed by atoms with E-state index in [1.165, 1.54) is 0 Å². The van der Waals surface area contributed by atoms with E-state index in [9.17, 15) is 4.79 Å². The lowest BCUT2D eigenvalue weighted by Crippen LogP contribution is -2.34. The van der Waals surface area contributed by atoms with Crippen molar-refractivity contribution in [1.29, 1.82) is 0 Å². The number of nitrogens with one attached hydrogen (secondary N) is 1. The molecule has 0 aromatic carbocycles. The third-order valence-electron chi connectivity index (χ3n) is 1.70. The molecule has 0 radical (unpaired) electrons. The molecule has 0 aromatic rings. The van der Waals surface area contributed by atoms with Gasteiger partial charge in [0.15, 0.2) is 0 Å². The molecular weight excluding hydrogens is 234 g/mol. The number of alkyl carbamates (subject to hydrolysis) is 1. The van der Waals surface area contributed by atoms with Crippen LogP contribution in [0.4, 0.5) is 4.79 Å². The van der Waals surface area contributed by atoms with Gasteiger partial charge in [-0.15, -0.1) is 0 Å². The van der Waals surface area contributed by atoms with E-state index in [-0.39, 0.29) is 0 Å². The van der Waals surface area contributed by atoms with Gasteiger partial charge >= 0.3 is 6.09 Å². The first-order valence-corrected chi connectivity index (χ1v) is 6.14. The van der Waals surface area contributed by atoms with Crippen LogP contribution in [0.25, 0.3) is 0 Å². The number of amides is 1. The van der Waals surface area contributed by atoms with Gasteiger partial charge in [-0.25, -0.2) is 4.79 Å². The molecule has 0 fully saturated rings. The fourth-order valence-corrected chi connectivity index (χ4v) is 1.05. The Hall–Kier alpha value is -1.23. The lowest BCUT2D eigenvalue weighted by Gasteiger charge is -2.19. The molecule has 0 aliphatic carbocycles. The summed E-state index contributed by atoms with van der Waals surface area (Å²) in [4.78, 5) is 11.3. The molecule has 0 unspecified atom stereocenters. The largest absolute Gasteiger partial charge is 0.499 e. The fraction of sp³-hybridized carbons (Fsp3) is 0.769. The molecule has 106 valence electrons. The van der Waals surface area contributed by atoms with Gasteiger partial charge in [0.2, 0.25) is 0 Å². The first-order chi connectivity index (χ1) is 8.31. The van der Waals surface area contributed by atoms with Gasteiger partial charge in [-0.05, 0) is 27.7 Å². The zero-order valence-electron chi connectivity index (χ0n) is 11.9. The average Bonchev–Trinajstić information content (AvgIpc) is 2.18. The second-order valence-electron chi connectivity index (χ2n) is 4.95. The summed E-state index contributed by atoms with van der Waals surface area (Å²) in [5, 5.41) is 2.62. The first kappa shape index (κ1) is 16.8. The molecular formula is C13H25NO4. The molecule has 1 amide bonds. The number of allylic oxidation sites excluding steroid dienone is 1. The molecule has 5 nitrogen and oxygen atoms in total. The summed E-state index contributed by atoms with van der Waals surface area (Å²) < 4.78 is 15.6. The summed E-state index contributed by atoms with van der Waals surface area (Å²) in [6, 6.07) is 0. The van der Waals surface area contributed by atoms with Crippen LogP contribution in [0.1, 0.15) is 34.1 Å². The Morgan fingerprint density at radius 1 is 1.22 bits per heavy atom. The van der Waals surface area contributed by atoms with Gasteiger partial charge in [0.05, 0.1) is 19.0 Å². The second kappa shape index (κ2) is 8.80. The van der Waals surface area contributed by atoms with Crippen LogP contribution < -0.4 is 5.32 Å². The van der Waals surface area contributed by atoms with Gasteiger partial charge in [0, 0.05) is 19.6 Å². The predicted molar refractivity (Wildman–Crippen MR) is 70.4 cm³/mol. The Bertz CT molecular complexity index is 258. The summed E-state index contributed by atoms with van der Waals surface area (Å²) in [5.74, 6) is 0.710. The van der Waals surface area contributed by atoms with Crippen molar-refractivity contribution in [2.24, 2.45) is 0 Å². The molecule has 0 bridgehead atoms. The molecule has 18 heavy (non-hydrogen) atoms. The number of hydrogen-bond donors (Lipinski definition) is 1. The number of hydrogen-bond acceptors (Lipinski definition) is 4. The van der Waals surface area contributed by atoms with Gasteiger partial charge in [-0.2, -0.15) is 0 Å². The summed E-state index contributed by atoms with van der Waals surface area (Å²) in [6.07, 6.45) is 0.385. The molecule has 0 aliphatic rings. The maximum absolute atomic E-state index is 11.3. The van der Waals surface area contributed by atoms with E-state index < -0.39 is 11.7 Å². The van der Waals surface area contributed by atoms with Crippen molar-refractivity contribution in [3.8, 4) is 0 Å². The van der Waals surface area contributed by atoms with Crippen LogP contribution in [0.5, 0.6) is 0 Å². The Morgan fingerprint density at radius 2 is 1.89 bits per heavy atom. The smallest absolute Gasteiger partial charge is 0.407 e. The third kappa shape index (κ3) is 12.8. The maximum Gasteiger partial charge on any atom is 0.407 e. The molecule has 5 heteroatoms. The van der Waals surface area contributed by atoms with Gasteiger partial charge < -0.3 is 19.5 Å². The van der Waals surface area contributed by atoms with Gasteiger partial charge in [0.25, 0.3) is 0 Å².